The van der Waals surface area contributed by atoms with E-state index in [4.69, 9.17) is 15.2 Å². The van der Waals surface area contributed by atoms with Gasteiger partial charge in [0.05, 0.1) is 0 Å². The van der Waals surface area contributed by atoms with E-state index in [0.29, 0.717) is 13.1 Å². The molecule has 0 radical (unpaired) electrons. The Kier molecular flexibility index (Phi) is 2.67. The molecule has 1 aliphatic rings. The number of methoxy groups -OCH3 is 1. The van der Waals surface area contributed by atoms with E-state index in [0.717, 1.165) is 0 Å². The van der Waals surface area contributed by atoms with Gasteiger partial charge in [-0.1, -0.05) is 0 Å². The molecule has 0 saturated carbocycles. The Balaban J connectivity index is 2.37. The average Bonchev–Trinajstić information content (AvgIpc) is 2.34. The van der Waals surface area contributed by atoms with E-state index in [1.807, 2.05) is 0 Å². The van der Waals surface area contributed by atoms with Gasteiger partial charge in [0, 0.05) is 20.2 Å². The maximum atomic E-state index is 10.3. The molecule has 3 N–H and O–H groups in total. The van der Waals surface area contributed by atoms with Crippen molar-refractivity contribution in [1.29, 1.82) is 0 Å². The molecule has 0 bridgehead atoms. The van der Waals surface area contributed by atoms with Crippen LogP contribution in [0.1, 0.15) is 0 Å². The highest BCUT2D eigenvalue weighted by molar-refractivity contribution is 5.64. The number of amides is 1. The molecule has 1 fully saturated rings. The zero-order valence-electron chi connectivity index (χ0n) is 6.37. The van der Waals surface area contributed by atoms with Crippen molar-refractivity contribution < 1.29 is 14.3 Å². The van der Waals surface area contributed by atoms with Crippen LogP contribution >= 0.6 is 0 Å². The van der Waals surface area contributed by atoms with Gasteiger partial charge in [-0.25, -0.2) is 4.79 Å². The highest BCUT2D eigenvalue weighted by Gasteiger charge is 2.29. The number of hydrogen-bond acceptors (Lipinski definition) is 4. The Bertz CT molecular complexity index is 151. The minimum absolute atomic E-state index is 0.0671. The summed E-state index contributed by atoms with van der Waals surface area (Å²) in [4.78, 5) is 10.3. The van der Waals surface area contributed by atoms with E-state index >= 15 is 0 Å². The van der Waals surface area contributed by atoms with Gasteiger partial charge in [0.25, 0.3) is 0 Å². The molecule has 2 atom stereocenters. The molecule has 1 rings (SSSR count). The van der Waals surface area contributed by atoms with Crippen molar-refractivity contribution in [3.05, 3.63) is 0 Å². The number of primary amides is 1. The lowest BCUT2D eigenvalue weighted by molar-refractivity contribution is 0.0104. The lowest BCUT2D eigenvalue weighted by atomic mass is 10.2. The van der Waals surface area contributed by atoms with Crippen LogP contribution < -0.4 is 11.1 Å². The summed E-state index contributed by atoms with van der Waals surface area (Å²) in [6.45, 7) is 1.32. The first-order valence-electron chi connectivity index (χ1n) is 3.43. The molecule has 64 valence electrons. The maximum absolute atomic E-state index is 10.3. The van der Waals surface area contributed by atoms with Crippen LogP contribution in [-0.4, -0.2) is 38.5 Å². The number of nitrogens with one attached hydrogen (secondary N) is 1. The summed E-state index contributed by atoms with van der Waals surface area (Å²) in [5.74, 6) is 0. The first kappa shape index (κ1) is 8.29. The second-order valence-electron chi connectivity index (χ2n) is 2.41. The summed E-state index contributed by atoms with van der Waals surface area (Å²) in [5, 5.41) is 3.02. The van der Waals surface area contributed by atoms with E-state index in [2.05, 4.69) is 5.32 Å². The first-order valence-corrected chi connectivity index (χ1v) is 3.43. The lowest BCUT2D eigenvalue weighted by Crippen LogP contribution is -2.33. The molecule has 0 aromatic rings. The largest absolute Gasteiger partial charge is 0.442 e. The van der Waals surface area contributed by atoms with Crippen molar-refractivity contribution in [3.63, 3.8) is 0 Å². The molecule has 5 heteroatoms. The topological polar surface area (TPSA) is 73.6 Å². The molecule has 1 aliphatic heterocycles. The van der Waals surface area contributed by atoms with Gasteiger partial charge in [-0.15, -0.1) is 0 Å². The van der Waals surface area contributed by atoms with Gasteiger partial charge < -0.3 is 20.5 Å². The molecule has 1 amide bonds. The summed E-state index contributed by atoms with van der Waals surface area (Å²) < 4.78 is 9.80. The first-order chi connectivity index (χ1) is 5.24. The number of nitrogens with two attached hydrogens (primary N) is 1. The van der Waals surface area contributed by atoms with E-state index in [9.17, 15) is 4.79 Å². The van der Waals surface area contributed by atoms with E-state index < -0.39 is 6.09 Å². The van der Waals surface area contributed by atoms with E-state index in [1.165, 1.54) is 0 Å². The molecule has 0 aromatic carbocycles. The Morgan fingerprint density at radius 1 is 1.55 bits per heavy atom. The fraction of sp³-hybridized carbons (Fsp3) is 0.833. The van der Waals surface area contributed by atoms with Crippen molar-refractivity contribution >= 4 is 6.09 Å². The van der Waals surface area contributed by atoms with Crippen LogP contribution in [0.5, 0.6) is 0 Å². The number of ether oxygens (including phenoxy) is 2. The van der Waals surface area contributed by atoms with Crippen LogP contribution in [0.25, 0.3) is 0 Å². The normalized spacial score (nSPS) is 30.3. The Morgan fingerprint density at radius 2 is 2.18 bits per heavy atom. The summed E-state index contributed by atoms with van der Waals surface area (Å²) >= 11 is 0. The summed E-state index contributed by atoms with van der Waals surface area (Å²) in [6, 6.07) is 0. The predicted octanol–water partition coefficient (Wildman–Crippen LogP) is -0.931. The van der Waals surface area contributed by atoms with Crippen molar-refractivity contribution in [2.75, 3.05) is 20.2 Å². The third-order valence-corrected chi connectivity index (χ3v) is 1.68. The minimum Gasteiger partial charge on any atom is -0.442 e. The highest BCUT2D eigenvalue weighted by atomic mass is 16.6. The zero-order chi connectivity index (χ0) is 8.27. The second kappa shape index (κ2) is 3.54. The fourth-order valence-corrected chi connectivity index (χ4v) is 1.13. The van der Waals surface area contributed by atoms with Crippen LogP contribution in [0.15, 0.2) is 0 Å². The van der Waals surface area contributed by atoms with Gasteiger partial charge in [0.1, 0.15) is 12.2 Å². The maximum Gasteiger partial charge on any atom is 0.404 e. The number of carbonyl (C=O) groups is 1. The molecule has 1 heterocycles. The molecule has 0 aromatic heterocycles. The van der Waals surface area contributed by atoms with Crippen LogP contribution in [0.2, 0.25) is 0 Å². The van der Waals surface area contributed by atoms with Gasteiger partial charge in [-0.3, -0.25) is 0 Å². The second-order valence-corrected chi connectivity index (χ2v) is 2.41. The summed E-state index contributed by atoms with van der Waals surface area (Å²) in [7, 11) is 1.58. The average molecular weight is 160 g/mol. The Hall–Kier alpha value is -0.810. The lowest BCUT2D eigenvalue weighted by Gasteiger charge is -2.15. The van der Waals surface area contributed by atoms with Crippen molar-refractivity contribution in [2.45, 2.75) is 12.2 Å². The fourth-order valence-electron chi connectivity index (χ4n) is 1.13. The van der Waals surface area contributed by atoms with Gasteiger partial charge in [-0.05, 0) is 0 Å². The highest BCUT2D eigenvalue weighted by Crippen LogP contribution is 2.07. The molecular weight excluding hydrogens is 148 g/mol. The molecule has 0 spiro atoms. The third kappa shape index (κ3) is 2.06. The minimum atomic E-state index is -0.749. The molecule has 5 nitrogen and oxygen atoms in total. The number of rotatable bonds is 2. The van der Waals surface area contributed by atoms with Crippen molar-refractivity contribution in [3.8, 4) is 0 Å². The Labute approximate surface area is 64.8 Å². The third-order valence-electron chi connectivity index (χ3n) is 1.68. The van der Waals surface area contributed by atoms with Crippen LogP contribution in [0, 0.1) is 0 Å². The van der Waals surface area contributed by atoms with Crippen LogP contribution in [-0.2, 0) is 9.47 Å². The predicted molar refractivity (Wildman–Crippen MR) is 38.1 cm³/mol. The van der Waals surface area contributed by atoms with Crippen LogP contribution in [0.4, 0.5) is 4.79 Å². The standard InChI is InChI=1S/C6H12N2O3/c1-10-4-2-8-3-5(4)11-6(7)9/h4-5,8H,2-3H2,1H3,(H2,7,9)/t4-,5-/m0/s1. The van der Waals surface area contributed by atoms with Crippen molar-refractivity contribution in [1.82, 2.24) is 5.32 Å². The quantitative estimate of drug-likeness (QED) is 0.547. The number of hydrogen-bond donors (Lipinski definition) is 2. The van der Waals surface area contributed by atoms with E-state index in [-0.39, 0.29) is 12.2 Å². The molecule has 0 aliphatic carbocycles. The SMILES string of the molecule is CO[C@H]1CNC[C@@H]1OC(N)=O. The van der Waals surface area contributed by atoms with Crippen LogP contribution in [0.3, 0.4) is 0 Å². The van der Waals surface area contributed by atoms with Gasteiger partial charge >= 0.3 is 6.09 Å². The molecular formula is C6H12N2O3. The molecule has 1 saturated heterocycles. The summed E-state index contributed by atoms with van der Waals surface area (Å²) in [5.41, 5.74) is 4.84. The molecule has 11 heavy (non-hydrogen) atoms. The Morgan fingerprint density at radius 3 is 2.73 bits per heavy atom. The summed E-state index contributed by atoms with van der Waals surface area (Å²) in [6.07, 6.45) is -1.05. The van der Waals surface area contributed by atoms with Gasteiger partial charge in [0.2, 0.25) is 0 Å². The zero-order valence-corrected chi connectivity index (χ0v) is 6.37. The van der Waals surface area contributed by atoms with Gasteiger partial charge in [-0.2, -0.15) is 0 Å². The van der Waals surface area contributed by atoms with Crippen molar-refractivity contribution in [2.24, 2.45) is 5.73 Å². The smallest absolute Gasteiger partial charge is 0.404 e. The van der Waals surface area contributed by atoms with E-state index in [1.54, 1.807) is 7.11 Å². The van der Waals surface area contributed by atoms with Gasteiger partial charge in [0.15, 0.2) is 0 Å². The monoisotopic (exact) mass is 160 g/mol. The number of carbonyl (C=O) groups excluding carboxylic acids is 1. The molecule has 0 unspecified atom stereocenters.